The molecule has 162 valence electrons. The molecule has 0 bridgehead atoms. The van der Waals surface area contributed by atoms with Gasteiger partial charge in [-0.1, -0.05) is 44.2 Å². The van der Waals surface area contributed by atoms with Crippen molar-refractivity contribution in [3.63, 3.8) is 0 Å². The lowest BCUT2D eigenvalue weighted by Crippen LogP contribution is -2.36. The van der Waals surface area contributed by atoms with Crippen molar-refractivity contribution >= 4 is 28.5 Å². The molecule has 0 spiro atoms. The first kappa shape index (κ1) is 21.3. The quantitative estimate of drug-likeness (QED) is 0.296. The van der Waals surface area contributed by atoms with E-state index in [9.17, 15) is 4.79 Å². The molecule has 3 N–H and O–H groups in total. The number of fused-ring (bicyclic) bond motifs is 1. The standard InChI is InChI=1S/C26H27N5O/c1-18(2)19-9-11-22(12-10-19)30-26(31-25(32)21-6-5-14-27-16-21)28-15-13-20-17-29-24-8-4-3-7-23(20)24/h3-12,14,16-18,29H,13,15H2,1-2H3,(H2,28,30,31,32). The number of carbonyl (C=O) groups excluding carboxylic acids is 1. The second kappa shape index (κ2) is 9.92. The lowest BCUT2D eigenvalue weighted by molar-refractivity contribution is 0.0976. The smallest absolute Gasteiger partial charge is 0.259 e. The summed E-state index contributed by atoms with van der Waals surface area (Å²) in [6.45, 7) is 4.85. The van der Waals surface area contributed by atoms with Crippen molar-refractivity contribution in [2.45, 2.75) is 26.2 Å². The second-order valence-corrected chi connectivity index (χ2v) is 7.94. The van der Waals surface area contributed by atoms with Crippen molar-refractivity contribution in [1.82, 2.24) is 15.3 Å². The van der Waals surface area contributed by atoms with Crippen LogP contribution in [0.1, 0.15) is 41.3 Å². The van der Waals surface area contributed by atoms with Crippen molar-refractivity contribution in [3.05, 3.63) is 95.9 Å². The Morgan fingerprint density at radius 2 is 1.88 bits per heavy atom. The minimum absolute atomic E-state index is 0.254. The molecule has 2 heterocycles. The number of nitrogens with one attached hydrogen (secondary N) is 3. The lowest BCUT2D eigenvalue weighted by Gasteiger charge is -2.13. The summed E-state index contributed by atoms with van der Waals surface area (Å²) in [6.07, 6.45) is 5.95. The van der Waals surface area contributed by atoms with Gasteiger partial charge in [-0.3, -0.25) is 20.1 Å². The third-order valence-electron chi connectivity index (χ3n) is 5.32. The summed E-state index contributed by atoms with van der Waals surface area (Å²) in [5.74, 6) is 0.616. The molecule has 0 saturated carbocycles. The van der Waals surface area contributed by atoms with Crippen LogP contribution in [0, 0.1) is 0 Å². The Kier molecular flexibility index (Phi) is 6.60. The van der Waals surface area contributed by atoms with Crippen LogP contribution < -0.4 is 10.6 Å². The number of guanidine groups is 1. The summed E-state index contributed by atoms with van der Waals surface area (Å²) < 4.78 is 0. The number of pyridine rings is 1. The van der Waals surface area contributed by atoms with E-state index in [1.807, 2.05) is 30.5 Å². The van der Waals surface area contributed by atoms with Crippen LogP contribution in [0.25, 0.3) is 10.9 Å². The van der Waals surface area contributed by atoms with Gasteiger partial charge in [0.1, 0.15) is 0 Å². The van der Waals surface area contributed by atoms with Crippen LogP contribution in [0.4, 0.5) is 5.69 Å². The summed E-state index contributed by atoms with van der Waals surface area (Å²) >= 11 is 0. The summed E-state index contributed by atoms with van der Waals surface area (Å²) in [7, 11) is 0. The zero-order valence-corrected chi connectivity index (χ0v) is 18.3. The molecule has 2 aromatic carbocycles. The molecule has 2 aromatic heterocycles. The number of carbonyl (C=O) groups is 1. The monoisotopic (exact) mass is 425 g/mol. The Morgan fingerprint density at radius 3 is 2.62 bits per heavy atom. The number of aliphatic imine (C=N–C) groups is 1. The van der Waals surface area contributed by atoms with Crippen molar-refractivity contribution in [3.8, 4) is 0 Å². The summed E-state index contributed by atoms with van der Waals surface area (Å²) in [4.78, 5) is 24.7. The number of H-pyrrole nitrogens is 1. The Balaban J connectivity index is 1.51. The van der Waals surface area contributed by atoms with Crippen LogP contribution in [0.5, 0.6) is 0 Å². The number of hydrogen-bond acceptors (Lipinski definition) is 3. The number of anilines is 1. The van der Waals surface area contributed by atoms with Gasteiger partial charge in [0.05, 0.1) is 5.56 Å². The van der Waals surface area contributed by atoms with Crippen molar-refractivity contribution in [2.24, 2.45) is 4.99 Å². The van der Waals surface area contributed by atoms with Gasteiger partial charge in [-0.2, -0.15) is 0 Å². The van der Waals surface area contributed by atoms with E-state index >= 15 is 0 Å². The Hall–Kier alpha value is -3.93. The highest BCUT2D eigenvalue weighted by molar-refractivity contribution is 6.09. The molecule has 6 nitrogen and oxygen atoms in total. The largest absolute Gasteiger partial charge is 0.361 e. The number of nitrogens with zero attached hydrogens (tertiary/aromatic N) is 2. The number of aromatic amines is 1. The zero-order valence-electron chi connectivity index (χ0n) is 18.3. The first-order valence-corrected chi connectivity index (χ1v) is 10.8. The van der Waals surface area contributed by atoms with Crippen LogP contribution in [-0.4, -0.2) is 28.4 Å². The first-order valence-electron chi connectivity index (χ1n) is 10.8. The molecule has 4 aromatic rings. The summed E-state index contributed by atoms with van der Waals surface area (Å²) in [5, 5.41) is 7.34. The highest BCUT2D eigenvalue weighted by atomic mass is 16.1. The van der Waals surface area contributed by atoms with Crippen LogP contribution in [0.2, 0.25) is 0 Å². The van der Waals surface area contributed by atoms with Crippen molar-refractivity contribution < 1.29 is 4.79 Å². The maximum Gasteiger partial charge on any atom is 0.259 e. The van der Waals surface area contributed by atoms with E-state index in [0.29, 0.717) is 24.0 Å². The average Bonchev–Trinajstić information content (AvgIpc) is 3.23. The van der Waals surface area contributed by atoms with Gasteiger partial charge in [0, 0.05) is 41.7 Å². The topological polar surface area (TPSA) is 82.2 Å². The fourth-order valence-electron chi connectivity index (χ4n) is 3.50. The molecular formula is C26H27N5O. The van der Waals surface area contributed by atoms with Gasteiger partial charge in [0.15, 0.2) is 0 Å². The highest BCUT2D eigenvalue weighted by Gasteiger charge is 2.10. The van der Waals surface area contributed by atoms with E-state index in [4.69, 9.17) is 0 Å². The minimum atomic E-state index is -0.254. The molecule has 6 heteroatoms. The third-order valence-corrected chi connectivity index (χ3v) is 5.32. The first-order chi connectivity index (χ1) is 15.6. The molecule has 0 radical (unpaired) electrons. The van der Waals surface area contributed by atoms with Gasteiger partial charge in [0.2, 0.25) is 5.96 Å². The molecule has 0 saturated heterocycles. The van der Waals surface area contributed by atoms with E-state index in [1.165, 1.54) is 22.7 Å². The van der Waals surface area contributed by atoms with Crippen LogP contribution in [0.3, 0.4) is 0 Å². The zero-order chi connectivity index (χ0) is 22.3. The van der Waals surface area contributed by atoms with Crippen molar-refractivity contribution in [1.29, 1.82) is 0 Å². The van der Waals surface area contributed by atoms with E-state index in [-0.39, 0.29) is 5.91 Å². The van der Waals surface area contributed by atoms with E-state index in [1.54, 1.807) is 18.3 Å². The molecule has 0 unspecified atom stereocenters. The number of rotatable bonds is 6. The number of hydrogen-bond donors (Lipinski definition) is 3. The van der Waals surface area contributed by atoms with Crippen LogP contribution in [0.15, 0.2) is 84.2 Å². The number of benzene rings is 2. The van der Waals surface area contributed by atoms with Crippen LogP contribution in [-0.2, 0) is 6.42 Å². The molecule has 32 heavy (non-hydrogen) atoms. The molecule has 0 aliphatic rings. The third kappa shape index (κ3) is 5.21. The highest BCUT2D eigenvalue weighted by Crippen LogP contribution is 2.19. The van der Waals surface area contributed by atoms with Gasteiger partial charge >= 0.3 is 0 Å². The summed E-state index contributed by atoms with van der Waals surface area (Å²) in [6, 6.07) is 19.8. The number of amides is 1. The fraction of sp³-hybridized carbons (Fsp3) is 0.192. The predicted octanol–water partition coefficient (Wildman–Crippen LogP) is 5.13. The van der Waals surface area contributed by atoms with E-state index < -0.39 is 0 Å². The van der Waals surface area contributed by atoms with E-state index in [2.05, 4.69) is 63.7 Å². The molecule has 0 fully saturated rings. The average molecular weight is 426 g/mol. The van der Waals surface area contributed by atoms with Gasteiger partial charge in [0.25, 0.3) is 5.91 Å². The second-order valence-electron chi connectivity index (χ2n) is 7.94. The normalized spacial score (nSPS) is 11.7. The Morgan fingerprint density at radius 1 is 1.06 bits per heavy atom. The molecule has 0 aliphatic heterocycles. The number of para-hydroxylation sites is 1. The molecule has 0 atom stereocenters. The van der Waals surface area contributed by atoms with Gasteiger partial charge < -0.3 is 10.3 Å². The van der Waals surface area contributed by atoms with Gasteiger partial charge in [-0.05, 0) is 53.8 Å². The molecular weight excluding hydrogens is 398 g/mol. The van der Waals surface area contributed by atoms with Gasteiger partial charge in [-0.15, -0.1) is 0 Å². The van der Waals surface area contributed by atoms with Crippen molar-refractivity contribution in [2.75, 3.05) is 11.9 Å². The predicted molar refractivity (Wildman–Crippen MR) is 130 cm³/mol. The maximum atomic E-state index is 12.7. The maximum absolute atomic E-state index is 12.7. The van der Waals surface area contributed by atoms with Gasteiger partial charge in [-0.25, -0.2) is 0 Å². The van der Waals surface area contributed by atoms with E-state index in [0.717, 1.165) is 17.6 Å². The molecule has 4 rings (SSSR count). The summed E-state index contributed by atoms with van der Waals surface area (Å²) in [5.41, 5.74) is 4.91. The Bertz CT molecular complexity index is 1210. The lowest BCUT2D eigenvalue weighted by atomic mass is 10.0. The fourth-order valence-corrected chi connectivity index (χ4v) is 3.50. The van der Waals surface area contributed by atoms with Crippen LogP contribution >= 0.6 is 0 Å². The SMILES string of the molecule is CC(C)c1ccc(NC(=NCCc2c[nH]c3ccccc23)NC(=O)c2cccnc2)cc1. The molecule has 1 amide bonds. The molecule has 0 aliphatic carbocycles. The minimum Gasteiger partial charge on any atom is -0.361 e. The Labute approximate surface area is 187 Å². The number of aromatic nitrogens is 2.